The van der Waals surface area contributed by atoms with Gasteiger partial charge in [-0.15, -0.1) is 0 Å². The molecule has 0 saturated heterocycles. The summed E-state index contributed by atoms with van der Waals surface area (Å²) in [5.74, 6) is 0. The average Bonchev–Trinajstić information content (AvgIpc) is 2.00. The Morgan fingerprint density at radius 3 is 1.83 bits per heavy atom. The fourth-order valence-corrected chi connectivity index (χ4v) is 0.877. The highest BCUT2D eigenvalue weighted by atomic mass is 79.9. The number of halogens is 1. The minimum atomic E-state index is -1.73. The summed E-state index contributed by atoms with van der Waals surface area (Å²) in [5, 5.41) is 35.7. The third kappa shape index (κ3) is 3.16. The lowest BCUT2D eigenvalue weighted by Gasteiger charge is -2.22. The van der Waals surface area contributed by atoms with Gasteiger partial charge >= 0.3 is 0 Å². The monoisotopic (exact) mass is 242 g/mol. The molecule has 4 atom stereocenters. The molecule has 0 aliphatic rings. The number of aliphatic hydroxyl groups excluding tert-OH is 4. The van der Waals surface area contributed by atoms with Crippen molar-refractivity contribution in [1.82, 2.24) is 0 Å². The first-order valence-corrected chi connectivity index (χ1v) is 4.08. The number of hydrogen-bond donors (Lipinski definition) is 4. The van der Waals surface area contributed by atoms with Gasteiger partial charge in [-0.2, -0.15) is 0 Å². The SMILES string of the molecule is C[C@H](O)[C@H](O)[C@@H](O)[C@@H](O)C(=O)Br. The van der Waals surface area contributed by atoms with Gasteiger partial charge in [-0.3, -0.25) is 4.79 Å². The first kappa shape index (κ1) is 12.0. The van der Waals surface area contributed by atoms with Crippen LogP contribution in [0.4, 0.5) is 0 Å². The highest BCUT2D eigenvalue weighted by molar-refractivity contribution is 9.18. The Morgan fingerprint density at radius 2 is 1.58 bits per heavy atom. The van der Waals surface area contributed by atoms with Gasteiger partial charge in [-0.05, 0) is 22.9 Å². The van der Waals surface area contributed by atoms with Crippen LogP contribution in [0.25, 0.3) is 0 Å². The average molecular weight is 243 g/mol. The molecule has 0 aliphatic heterocycles. The highest BCUT2D eigenvalue weighted by Crippen LogP contribution is 2.07. The van der Waals surface area contributed by atoms with E-state index >= 15 is 0 Å². The molecule has 0 aromatic rings. The molecule has 0 radical (unpaired) electrons. The van der Waals surface area contributed by atoms with Gasteiger partial charge in [0.05, 0.1) is 6.10 Å². The van der Waals surface area contributed by atoms with E-state index in [0.29, 0.717) is 0 Å². The molecular weight excluding hydrogens is 232 g/mol. The van der Waals surface area contributed by atoms with Gasteiger partial charge in [0.25, 0.3) is 0 Å². The van der Waals surface area contributed by atoms with Crippen LogP contribution in [0.2, 0.25) is 0 Å². The van der Waals surface area contributed by atoms with Crippen LogP contribution in [0.15, 0.2) is 0 Å². The van der Waals surface area contributed by atoms with Gasteiger partial charge in [0.15, 0.2) is 6.10 Å². The maximum atomic E-state index is 10.4. The topological polar surface area (TPSA) is 98.0 Å². The second-order valence-electron chi connectivity index (χ2n) is 2.47. The highest BCUT2D eigenvalue weighted by Gasteiger charge is 2.31. The molecule has 0 aliphatic carbocycles. The second-order valence-corrected chi connectivity index (χ2v) is 3.25. The fourth-order valence-electron chi connectivity index (χ4n) is 0.606. The van der Waals surface area contributed by atoms with Crippen molar-refractivity contribution >= 4 is 20.6 Å². The van der Waals surface area contributed by atoms with E-state index in [1.807, 2.05) is 0 Å². The molecule has 0 amide bonds. The quantitative estimate of drug-likeness (QED) is 0.444. The minimum absolute atomic E-state index is 0.838. The standard InChI is InChI=1S/C6H11BrO5/c1-2(8)3(9)4(10)5(11)6(7)12/h2-5,8-11H,1H3/t2-,3-,4+,5+/m0/s1. The van der Waals surface area contributed by atoms with Crippen LogP contribution < -0.4 is 0 Å². The van der Waals surface area contributed by atoms with E-state index in [9.17, 15) is 4.79 Å². The summed E-state index contributed by atoms with van der Waals surface area (Å²) in [7, 11) is 0. The molecule has 0 heterocycles. The number of carbonyl (C=O) groups excluding carboxylic acids is 1. The summed E-state index contributed by atoms with van der Waals surface area (Å²) in [6.45, 7) is 1.24. The van der Waals surface area contributed by atoms with E-state index in [4.69, 9.17) is 20.4 Å². The smallest absolute Gasteiger partial charge is 0.228 e. The predicted octanol–water partition coefficient (Wildman–Crippen LogP) is -1.63. The number of carbonyl (C=O) groups is 1. The van der Waals surface area contributed by atoms with Crippen LogP contribution in [-0.4, -0.2) is 49.5 Å². The Balaban J connectivity index is 4.18. The van der Waals surface area contributed by atoms with Crippen molar-refractivity contribution < 1.29 is 25.2 Å². The molecule has 0 saturated carbocycles. The molecule has 0 unspecified atom stereocenters. The van der Waals surface area contributed by atoms with Crippen molar-refractivity contribution in [2.24, 2.45) is 0 Å². The molecule has 0 spiro atoms. The molecule has 5 nitrogen and oxygen atoms in total. The Bertz CT molecular complexity index is 160. The van der Waals surface area contributed by atoms with E-state index in [1.165, 1.54) is 6.92 Å². The Kier molecular flexibility index (Phi) is 4.88. The Labute approximate surface area is 77.8 Å². The minimum Gasteiger partial charge on any atom is -0.391 e. The lowest BCUT2D eigenvalue weighted by atomic mass is 10.1. The molecule has 72 valence electrons. The zero-order valence-electron chi connectivity index (χ0n) is 6.38. The van der Waals surface area contributed by atoms with Crippen molar-refractivity contribution in [3.05, 3.63) is 0 Å². The molecule has 0 rings (SSSR count). The van der Waals surface area contributed by atoms with Gasteiger partial charge in [0.2, 0.25) is 4.69 Å². The summed E-state index contributed by atoms with van der Waals surface area (Å²) in [6, 6.07) is 0. The van der Waals surface area contributed by atoms with E-state index in [2.05, 4.69) is 15.9 Å². The molecule has 6 heteroatoms. The van der Waals surface area contributed by atoms with E-state index in [-0.39, 0.29) is 0 Å². The number of hydrogen-bond acceptors (Lipinski definition) is 5. The summed E-state index contributed by atoms with van der Waals surface area (Å²) >= 11 is 2.42. The summed E-state index contributed by atoms with van der Waals surface area (Å²) < 4.78 is -0.838. The normalized spacial score (nSPS) is 21.2. The molecule has 4 N–H and O–H groups in total. The Hall–Kier alpha value is -0.0100. The van der Waals surface area contributed by atoms with Gasteiger partial charge < -0.3 is 20.4 Å². The third-order valence-electron chi connectivity index (χ3n) is 1.40. The zero-order chi connectivity index (χ0) is 9.89. The predicted molar refractivity (Wildman–Crippen MR) is 43.6 cm³/mol. The number of aliphatic hydroxyl groups is 4. The van der Waals surface area contributed by atoms with E-state index < -0.39 is 29.1 Å². The maximum absolute atomic E-state index is 10.4. The number of rotatable bonds is 4. The van der Waals surface area contributed by atoms with Gasteiger partial charge in [-0.25, -0.2) is 0 Å². The lowest BCUT2D eigenvalue weighted by Crippen LogP contribution is -2.45. The first-order valence-electron chi connectivity index (χ1n) is 3.29. The molecule has 0 aromatic carbocycles. The van der Waals surface area contributed by atoms with Crippen molar-refractivity contribution in [2.45, 2.75) is 31.3 Å². The van der Waals surface area contributed by atoms with Gasteiger partial charge in [-0.1, -0.05) is 0 Å². The molecule has 0 aromatic heterocycles. The third-order valence-corrected chi connectivity index (χ3v) is 1.87. The van der Waals surface area contributed by atoms with Gasteiger partial charge in [0.1, 0.15) is 12.2 Å². The van der Waals surface area contributed by atoms with Crippen LogP contribution in [-0.2, 0) is 4.79 Å². The summed E-state index contributed by atoms with van der Waals surface area (Å²) in [4.78, 5) is 10.4. The van der Waals surface area contributed by atoms with E-state index in [0.717, 1.165) is 0 Å². The van der Waals surface area contributed by atoms with Gasteiger partial charge in [0, 0.05) is 0 Å². The molecular formula is C6H11BrO5. The molecule has 0 fully saturated rings. The van der Waals surface area contributed by atoms with Crippen molar-refractivity contribution in [2.75, 3.05) is 0 Å². The van der Waals surface area contributed by atoms with E-state index in [1.54, 1.807) is 0 Å². The summed E-state index contributed by atoms with van der Waals surface area (Å²) in [6.07, 6.45) is -6.16. The van der Waals surface area contributed by atoms with Crippen molar-refractivity contribution in [3.63, 3.8) is 0 Å². The van der Waals surface area contributed by atoms with Crippen LogP contribution >= 0.6 is 15.9 Å². The zero-order valence-corrected chi connectivity index (χ0v) is 7.97. The largest absolute Gasteiger partial charge is 0.391 e. The van der Waals surface area contributed by atoms with Crippen LogP contribution in [0.1, 0.15) is 6.92 Å². The molecule has 12 heavy (non-hydrogen) atoms. The lowest BCUT2D eigenvalue weighted by molar-refractivity contribution is -0.134. The molecule has 0 bridgehead atoms. The van der Waals surface area contributed by atoms with Crippen LogP contribution in [0, 0.1) is 0 Å². The van der Waals surface area contributed by atoms with Crippen molar-refractivity contribution in [1.29, 1.82) is 0 Å². The van der Waals surface area contributed by atoms with Crippen molar-refractivity contribution in [3.8, 4) is 0 Å². The maximum Gasteiger partial charge on any atom is 0.228 e. The Morgan fingerprint density at radius 1 is 1.17 bits per heavy atom. The summed E-state index contributed by atoms with van der Waals surface area (Å²) in [5.41, 5.74) is 0. The fraction of sp³-hybridized carbons (Fsp3) is 0.833. The second kappa shape index (κ2) is 4.88. The van der Waals surface area contributed by atoms with Crippen LogP contribution in [0.5, 0.6) is 0 Å². The first-order chi connectivity index (χ1) is 5.37. The van der Waals surface area contributed by atoms with Crippen LogP contribution in [0.3, 0.4) is 0 Å².